The van der Waals surface area contributed by atoms with Crippen LogP contribution in [0.3, 0.4) is 0 Å². The lowest BCUT2D eigenvalue weighted by molar-refractivity contribution is -0.143. The summed E-state index contributed by atoms with van der Waals surface area (Å²) in [6.07, 6.45) is 99.3. The largest absolute Gasteiger partial charge is 0.466 e. The first-order valence-electron chi connectivity index (χ1n) is 41.8. The predicted octanol–water partition coefficient (Wildman–Crippen LogP) is 27.7. The van der Waals surface area contributed by atoms with Crippen LogP contribution in [0.15, 0.2) is 0 Å². The van der Waals surface area contributed by atoms with Crippen LogP contribution in [0.2, 0.25) is 0 Å². The first kappa shape index (κ1) is 87.9. The molecule has 0 fully saturated rings. The van der Waals surface area contributed by atoms with E-state index in [2.05, 4.69) is 19.2 Å². The SMILES string of the molecule is CCCCCCCCCCCCCCCCCCCCCCCCCCCC(O)C(CO)NC(=O)CCCCCCCCCCCCCCCCCCCCCCCCCCCCCCCOC(=O)CCCCCCCCCCCCCCCCCCCC. The van der Waals surface area contributed by atoms with Gasteiger partial charge >= 0.3 is 5.97 Å². The normalized spacial score (nSPS) is 12.4. The van der Waals surface area contributed by atoms with Gasteiger partial charge in [0.25, 0.3) is 0 Å². The van der Waals surface area contributed by atoms with Crippen molar-refractivity contribution in [1.82, 2.24) is 5.32 Å². The van der Waals surface area contributed by atoms with Crippen LogP contribution in [0.5, 0.6) is 0 Å². The van der Waals surface area contributed by atoms with Crippen LogP contribution >= 0.6 is 0 Å². The van der Waals surface area contributed by atoms with E-state index in [4.69, 9.17) is 4.74 Å². The first-order chi connectivity index (χ1) is 44.0. The standard InChI is InChI=1S/C83H165NO5/c1-3-5-7-9-11-13-15-17-19-21-23-24-25-31-34-37-40-43-47-51-55-59-63-67-71-75-81(86)80(79-85)84-82(87)76-72-68-64-60-56-52-48-44-41-38-35-32-29-27-26-28-30-33-36-39-42-46-50-54-58-62-66-70-74-78-89-83(88)77-73-69-65-61-57-53-49-45-22-20-18-16-14-12-10-8-6-4-2/h80-81,85-86H,3-79H2,1-2H3,(H,84,87). The maximum atomic E-state index is 12.6. The van der Waals surface area contributed by atoms with Gasteiger partial charge in [-0.05, 0) is 25.7 Å². The Morgan fingerprint density at radius 2 is 0.461 bits per heavy atom. The number of ether oxygens (including phenoxy) is 1. The van der Waals surface area contributed by atoms with Crippen molar-refractivity contribution in [2.75, 3.05) is 13.2 Å². The third-order valence-electron chi connectivity index (χ3n) is 20.2. The number of hydrogen-bond acceptors (Lipinski definition) is 5. The van der Waals surface area contributed by atoms with Gasteiger partial charge < -0.3 is 20.3 Å². The molecule has 0 aromatic carbocycles. The van der Waals surface area contributed by atoms with Crippen LogP contribution in [0.1, 0.15) is 495 Å². The lowest BCUT2D eigenvalue weighted by Gasteiger charge is -2.22. The molecule has 0 radical (unpaired) electrons. The molecule has 532 valence electrons. The maximum absolute atomic E-state index is 12.6. The molecule has 0 saturated heterocycles. The summed E-state index contributed by atoms with van der Waals surface area (Å²) >= 11 is 0. The van der Waals surface area contributed by atoms with Crippen molar-refractivity contribution in [2.24, 2.45) is 0 Å². The summed E-state index contributed by atoms with van der Waals surface area (Å²) in [4.78, 5) is 24.7. The van der Waals surface area contributed by atoms with Crippen molar-refractivity contribution >= 4 is 11.9 Å². The molecule has 0 aliphatic rings. The van der Waals surface area contributed by atoms with Gasteiger partial charge in [-0.2, -0.15) is 0 Å². The van der Waals surface area contributed by atoms with Crippen LogP contribution < -0.4 is 5.32 Å². The second kappa shape index (κ2) is 79.3. The van der Waals surface area contributed by atoms with Gasteiger partial charge in [0.2, 0.25) is 5.91 Å². The highest BCUT2D eigenvalue weighted by molar-refractivity contribution is 5.76. The van der Waals surface area contributed by atoms with Gasteiger partial charge in [0, 0.05) is 12.8 Å². The molecule has 3 N–H and O–H groups in total. The van der Waals surface area contributed by atoms with E-state index in [9.17, 15) is 19.8 Å². The Balaban J connectivity index is 3.32. The lowest BCUT2D eigenvalue weighted by atomic mass is 10.0. The zero-order chi connectivity index (χ0) is 64.2. The molecule has 0 aromatic rings. The Morgan fingerprint density at radius 3 is 0.685 bits per heavy atom. The summed E-state index contributed by atoms with van der Waals surface area (Å²) in [6.45, 7) is 5.03. The predicted molar refractivity (Wildman–Crippen MR) is 394 cm³/mol. The fourth-order valence-corrected chi connectivity index (χ4v) is 13.8. The van der Waals surface area contributed by atoms with E-state index in [1.54, 1.807) is 0 Å². The quantitative estimate of drug-likeness (QED) is 0.0417. The van der Waals surface area contributed by atoms with Crippen molar-refractivity contribution in [2.45, 2.75) is 508 Å². The molecule has 2 atom stereocenters. The minimum atomic E-state index is -0.663. The summed E-state index contributed by atoms with van der Waals surface area (Å²) in [7, 11) is 0. The summed E-state index contributed by atoms with van der Waals surface area (Å²) in [5.41, 5.74) is 0. The molecule has 0 heterocycles. The average molecular weight is 1260 g/mol. The Bertz CT molecular complexity index is 1310. The van der Waals surface area contributed by atoms with E-state index in [0.29, 0.717) is 25.9 Å². The van der Waals surface area contributed by atoms with Crippen molar-refractivity contribution in [1.29, 1.82) is 0 Å². The highest BCUT2D eigenvalue weighted by atomic mass is 16.5. The summed E-state index contributed by atoms with van der Waals surface area (Å²) in [5.74, 6) is 0.00140. The third kappa shape index (κ3) is 75.8. The molecular formula is C83H165NO5. The number of aliphatic hydroxyl groups excluding tert-OH is 2. The Hall–Kier alpha value is -1.14. The van der Waals surface area contributed by atoms with Gasteiger partial charge in [0.15, 0.2) is 0 Å². The van der Waals surface area contributed by atoms with E-state index in [1.165, 1.54) is 424 Å². The molecule has 0 aromatic heterocycles. The smallest absolute Gasteiger partial charge is 0.305 e. The van der Waals surface area contributed by atoms with E-state index >= 15 is 0 Å². The molecule has 0 rings (SSSR count). The molecular weight excluding hydrogens is 1090 g/mol. The number of rotatable bonds is 80. The molecule has 0 aliphatic carbocycles. The molecule has 0 spiro atoms. The van der Waals surface area contributed by atoms with Crippen molar-refractivity contribution in [3.8, 4) is 0 Å². The van der Waals surface area contributed by atoms with Crippen molar-refractivity contribution in [3.63, 3.8) is 0 Å². The van der Waals surface area contributed by atoms with E-state index in [1.807, 2.05) is 0 Å². The summed E-state index contributed by atoms with van der Waals surface area (Å²) in [5, 5.41) is 23.5. The van der Waals surface area contributed by atoms with Gasteiger partial charge in [-0.3, -0.25) is 9.59 Å². The molecule has 0 bridgehead atoms. The van der Waals surface area contributed by atoms with Crippen LogP contribution in [-0.4, -0.2) is 47.4 Å². The summed E-state index contributed by atoms with van der Waals surface area (Å²) < 4.78 is 5.52. The number of amides is 1. The summed E-state index contributed by atoms with van der Waals surface area (Å²) in [6, 6.07) is -0.539. The monoisotopic (exact) mass is 1260 g/mol. The number of nitrogens with one attached hydrogen (secondary N) is 1. The molecule has 0 aliphatic heterocycles. The number of unbranched alkanes of at least 4 members (excludes halogenated alkanes) is 69. The Morgan fingerprint density at radius 1 is 0.270 bits per heavy atom. The molecule has 1 amide bonds. The molecule has 89 heavy (non-hydrogen) atoms. The second-order valence-electron chi connectivity index (χ2n) is 29.2. The molecule has 6 nitrogen and oxygen atoms in total. The van der Waals surface area contributed by atoms with Crippen LogP contribution in [-0.2, 0) is 14.3 Å². The minimum absolute atomic E-state index is 0.0244. The number of carbonyl (C=O) groups excluding carboxylic acids is 2. The number of aliphatic hydroxyl groups is 2. The fraction of sp³-hybridized carbons (Fsp3) is 0.976. The van der Waals surface area contributed by atoms with Gasteiger partial charge in [-0.1, -0.05) is 457 Å². The highest BCUT2D eigenvalue weighted by Gasteiger charge is 2.20. The second-order valence-corrected chi connectivity index (χ2v) is 29.2. The zero-order valence-electron chi connectivity index (χ0n) is 61.2. The first-order valence-corrected chi connectivity index (χ1v) is 41.8. The third-order valence-corrected chi connectivity index (χ3v) is 20.2. The van der Waals surface area contributed by atoms with E-state index in [-0.39, 0.29) is 18.5 Å². The topological polar surface area (TPSA) is 95.9 Å². The van der Waals surface area contributed by atoms with Gasteiger partial charge in [-0.25, -0.2) is 0 Å². The van der Waals surface area contributed by atoms with Crippen LogP contribution in [0.4, 0.5) is 0 Å². The van der Waals surface area contributed by atoms with E-state index < -0.39 is 12.1 Å². The number of carbonyl (C=O) groups is 2. The molecule has 0 saturated carbocycles. The van der Waals surface area contributed by atoms with Gasteiger partial charge in [0.05, 0.1) is 25.4 Å². The molecule has 6 heteroatoms. The van der Waals surface area contributed by atoms with Gasteiger partial charge in [-0.15, -0.1) is 0 Å². The number of hydrogen-bond donors (Lipinski definition) is 3. The Labute approximate surface area is 559 Å². The average Bonchev–Trinajstić information content (AvgIpc) is 3.59. The maximum Gasteiger partial charge on any atom is 0.305 e. The highest BCUT2D eigenvalue weighted by Crippen LogP contribution is 2.21. The lowest BCUT2D eigenvalue weighted by Crippen LogP contribution is -2.45. The minimum Gasteiger partial charge on any atom is -0.466 e. The Kier molecular flexibility index (Phi) is 78.3. The van der Waals surface area contributed by atoms with Crippen molar-refractivity contribution < 1.29 is 24.5 Å². The fourth-order valence-electron chi connectivity index (χ4n) is 13.8. The number of esters is 1. The van der Waals surface area contributed by atoms with Crippen molar-refractivity contribution in [3.05, 3.63) is 0 Å². The van der Waals surface area contributed by atoms with E-state index in [0.717, 1.165) is 38.5 Å². The zero-order valence-corrected chi connectivity index (χ0v) is 61.2. The van der Waals surface area contributed by atoms with Crippen LogP contribution in [0.25, 0.3) is 0 Å². The van der Waals surface area contributed by atoms with Gasteiger partial charge in [0.1, 0.15) is 0 Å². The molecule has 2 unspecified atom stereocenters. The van der Waals surface area contributed by atoms with Crippen LogP contribution in [0, 0.1) is 0 Å².